The van der Waals surface area contributed by atoms with E-state index in [9.17, 15) is 18.0 Å². The fraction of sp³-hybridized carbons (Fsp3) is 0.286. The molecule has 0 fully saturated rings. The van der Waals surface area contributed by atoms with E-state index in [0.717, 1.165) is 17.2 Å². The van der Waals surface area contributed by atoms with Crippen LogP contribution in [0.25, 0.3) is 0 Å². The number of sulfonamides is 1. The molecule has 0 aliphatic rings. The Hall–Kier alpha value is -2.64. The van der Waals surface area contributed by atoms with Gasteiger partial charge in [-0.2, -0.15) is 9.98 Å². The number of rotatable bonds is 9. The van der Waals surface area contributed by atoms with Gasteiger partial charge in [0.15, 0.2) is 6.61 Å². The monoisotopic (exact) mass is 497 g/mol. The first-order valence-corrected chi connectivity index (χ1v) is 11.6. The number of nitriles is 1. The molecule has 2 aromatic rings. The van der Waals surface area contributed by atoms with Gasteiger partial charge in [0, 0.05) is 12.2 Å². The molecule has 0 spiro atoms. The van der Waals surface area contributed by atoms with E-state index in [1.165, 1.54) is 17.0 Å². The Balaban J connectivity index is 1.99. The third-order valence-electron chi connectivity index (χ3n) is 4.23. The first-order chi connectivity index (χ1) is 15.0. The lowest BCUT2D eigenvalue weighted by Crippen LogP contribution is -2.37. The third kappa shape index (κ3) is 7.21. The van der Waals surface area contributed by atoms with Crippen LogP contribution in [0.2, 0.25) is 10.0 Å². The molecule has 0 aliphatic carbocycles. The smallest absolute Gasteiger partial charge is 0.321 e. The molecule has 11 heteroatoms. The van der Waals surface area contributed by atoms with Crippen LogP contribution >= 0.6 is 23.2 Å². The lowest BCUT2D eigenvalue weighted by atomic mass is 10.1. The van der Waals surface area contributed by atoms with Crippen LogP contribution in [0.1, 0.15) is 17.5 Å². The summed E-state index contributed by atoms with van der Waals surface area (Å²) in [7, 11) is -4.04. The first kappa shape index (κ1) is 25.6. The molecule has 170 valence electrons. The number of nitrogens with zero attached hydrogens (tertiary/aromatic N) is 2. The van der Waals surface area contributed by atoms with Gasteiger partial charge in [-0.3, -0.25) is 9.59 Å². The quantitative estimate of drug-likeness (QED) is 0.530. The molecule has 2 rings (SSSR count). The van der Waals surface area contributed by atoms with Gasteiger partial charge >= 0.3 is 5.97 Å². The Morgan fingerprint density at radius 2 is 1.75 bits per heavy atom. The summed E-state index contributed by atoms with van der Waals surface area (Å²) in [5.74, 6) is -1.48. The highest BCUT2D eigenvalue weighted by atomic mass is 35.5. The minimum absolute atomic E-state index is 0.0477. The van der Waals surface area contributed by atoms with Gasteiger partial charge in [0.1, 0.15) is 6.54 Å². The normalized spacial score (nSPS) is 11.0. The summed E-state index contributed by atoms with van der Waals surface area (Å²) < 4.78 is 31.6. The second kappa shape index (κ2) is 11.3. The summed E-state index contributed by atoms with van der Waals surface area (Å²) >= 11 is 11.6. The Labute approximate surface area is 196 Å². The standard InChI is InChI=1S/C21H21Cl2N3O5S/c1-14-8-15(2)10-16(9-14)26(7-3-6-24)20(27)13-31-21(28)12-25-32(29,30)17-4-5-18(22)19(23)11-17/h4-5,8-11,25H,3,7,12-13H2,1-2H3. The lowest BCUT2D eigenvalue weighted by Gasteiger charge is -2.22. The van der Waals surface area contributed by atoms with Crippen molar-refractivity contribution in [2.75, 3.05) is 24.6 Å². The van der Waals surface area contributed by atoms with Crippen molar-refractivity contribution in [3.63, 3.8) is 0 Å². The topological polar surface area (TPSA) is 117 Å². The van der Waals surface area contributed by atoms with Crippen molar-refractivity contribution < 1.29 is 22.7 Å². The first-order valence-electron chi connectivity index (χ1n) is 9.39. The Bertz CT molecular complexity index is 1140. The zero-order valence-electron chi connectivity index (χ0n) is 17.4. The zero-order valence-corrected chi connectivity index (χ0v) is 19.7. The average molecular weight is 498 g/mol. The van der Waals surface area contributed by atoms with Crippen LogP contribution < -0.4 is 9.62 Å². The minimum Gasteiger partial charge on any atom is -0.455 e. The molecule has 32 heavy (non-hydrogen) atoms. The summed E-state index contributed by atoms with van der Waals surface area (Å²) in [5.41, 5.74) is 2.45. The van der Waals surface area contributed by atoms with Crippen LogP contribution in [0.4, 0.5) is 5.69 Å². The highest BCUT2D eigenvalue weighted by Crippen LogP contribution is 2.24. The number of hydrogen-bond acceptors (Lipinski definition) is 6. The number of halogens is 2. The SMILES string of the molecule is Cc1cc(C)cc(N(CCC#N)C(=O)COC(=O)CNS(=O)(=O)c2ccc(Cl)c(Cl)c2)c1. The number of nitrogens with one attached hydrogen (secondary N) is 1. The maximum absolute atomic E-state index is 12.6. The van der Waals surface area contributed by atoms with Crippen molar-refractivity contribution in [1.29, 1.82) is 5.26 Å². The van der Waals surface area contributed by atoms with Crippen molar-refractivity contribution >= 4 is 50.8 Å². The van der Waals surface area contributed by atoms with Crippen LogP contribution in [0, 0.1) is 25.2 Å². The van der Waals surface area contributed by atoms with E-state index in [2.05, 4.69) is 4.72 Å². The molecule has 0 saturated carbocycles. The van der Waals surface area contributed by atoms with Crippen LogP contribution in [0.5, 0.6) is 0 Å². The summed E-state index contributed by atoms with van der Waals surface area (Å²) in [6, 6.07) is 11.2. The van der Waals surface area contributed by atoms with Crippen LogP contribution in [0.15, 0.2) is 41.3 Å². The number of anilines is 1. The van der Waals surface area contributed by atoms with Gasteiger partial charge in [-0.25, -0.2) is 8.42 Å². The highest BCUT2D eigenvalue weighted by Gasteiger charge is 2.20. The molecule has 0 unspecified atom stereocenters. The van der Waals surface area contributed by atoms with Gasteiger partial charge < -0.3 is 9.64 Å². The number of benzene rings is 2. The van der Waals surface area contributed by atoms with Crippen molar-refractivity contribution in [1.82, 2.24) is 4.72 Å². The second-order valence-electron chi connectivity index (χ2n) is 6.86. The number of ether oxygens (including phenoxy) is 1. The molecule has 0 atom stereocenters. The predicted molar refractivity (Wildman–Crippen MR) is 121 cm³/mol. The van der Waals surface area contributed by atoms with E-state index in [1.807, 2.05) is 26.0 Å². The zero-order chi connectivity index (χ0) is 23.9. The van der Waals surface area contributed by atoms with E-state index in [-0.39, 0.29) is 27.9 Å². The number of hydrogen-bond donors (Lipinski definition) is 1. The molecule has 1 amide bonds. The van der Waals surface area contributed by atoms with Crippen molar-refractivity contribution in [2.24, 2.45) is 0 Å². The molecular formula is C21H21Cl2N3O5S. The summed E-state index contributed by atoms with van der Waals surface area (Å²) in [4.78, 5) is 25.8. The van der Waals surface area contributed by atoms with Crippen LogP contribution in [-0.4, -0.2) is 40.0 Å². The van der Waals surface area contributed by atoms with Gasteiger partial charge in [-0.1, -0.05) is 29.3 Å². The third-order valence-corrected chi connectivity index (χ3v) is 6.37. The number of amides is 1. The maximum atomic E-state index is 12.6. The summed E-state index contributed by atoms with van der Waals surface area (Å²) in [6.45, 7) is 2.59. The number of esters is 1. The molecule has 8 nitrogen and oxygen atoms in total. The van der Waals surface area contributed by atoms with Crippen molar-refractivity contribution in [3.8, 4) is 6.07 Å². The molecule has 2 aromatic carbocycles. The lowest BCUT2D eigenvalue weighted by molar-refractivity contribution is -0.146. The fourth-order valence-corrected chi connectivity index (χ4v) is 4.18. The van der Waals surface area contributed by atoms with Gasteiger partial charge in [0.25, 0.3) is 5.91 Å². The van der Waals surface area contributed by atoms with Crippen LogP contribution in [0.3, 0.4) is 0 Å². The molecule has 0 bridgehead atoms. The maximum Gasteiger partial charge on any atom is 0.321 e. The molecule has 1 N–H and O–H groups in total. The Morgan fingerprint density at radius 3 is 2.34 bits per heavy atom. The van der Waals surface area contributed by atoms with Gasteiger partial charge in [0.2, 0.25) is 10.0 Å². The molecule has 0 aliphatic heterocycles. The molecule has 0 heterocycles. The van der Waals surface area contributed by atoms with Gasteiger partial charge in [-0.05, 0) is 55.3 Å². The predicted octanol–water partition coefficient (Wildman–Crippen LogP) is 3.38. The van der Waals surface area contributed by atoms with Gasteiger partial charge in [0.05, 0.1) is 27.4 Å². The molecule has 0 saturated heterocycles. The summed E-state index contributed by atoms with van der Waals surface area (Å²) in [6.07, 6.45) is 0.0934. The van der Waals surface area contributed by atoms with Crippen molar-refractivity contribution in [3.05, 3.63) is 57.6 Å². The van der Waals surface area contributed by atoms with E-state index in [1.54, 1.807) is 12.1 Å². The number of carbonyl (C=O) groups is 2. The van der Waals surface area contributed by atoms with E-state index in [0.29, 0.717) is 5.69 Å². The molecule has 0 aromatic heterocycles. The highest BCUT2D eigenvalue weighted by molar-refractivity contribution is 7.89. The fourth-order valence-electron chi connectivity index (χ4n) is 2.82. The minimum atomic E-state index is -4.04. The van der Waals surface area contributed by atoms with E-state index >= 15 is 0 Å². The Kier molecular flexibility index (Phi) is 9.04. The van der Waals surface area contributed by atoms with Crippen LogP contribution in [-0.2, 0) is 24.3 Å². The molecular weight excluding hydrogens is 477 g/mol. The van der Waals surface area contributed by atoms with Gasteiger partial charge in [-0.15, -0.1) is 0 Å². The number of carbonyl (C=O) groups excluding carboxylic acids is 2. The average Bonchev–Trinajstić information content (AvgIpc) is 2.72. The van der Waals surface area contributed by atoms with Crippen molar-refractivity contribution in [2.45, 2.75) is 25.2 Å². The molecule has 0 radical (unpaired) electrons. The second-order valence-corrected chi connectivity index (χ2v) is 9.44. The number of aryl methyl sites for hydroxylation is 2. The Morgan fingerprint density at radius 1 is 1.09 bits per heavy atom. The van der Waals surface area contributed by atoms with E-state index in [4.69, 9.17) is 33.2 Å². The summed E-state index contributed by atoms with van der Waals surface area (Å²) in [5, 5.41) is 9.13. The largest absolute Gasteiger partial charge is 0.455 e. The van der Waals surface area contributed by atoms with E-state index < -0.39 is 35.1 Å².